The first kappa shape index (κ1) is 13.7. The van der Waals surface area contributed by atoms with Gasteiger partial charge in [0.05, 0.1) is 19.8 Å². The Hall–Kier alpha value is -2.23. The Balaban J connectivity index is 1.89. The van der Waals surface area contributed by atoms with Crippen molar-refractivity contribution in [1.82, 2.24) is 0 Å². The fourth-order valence-corrected chi connectivity index (χ4v) is 2.65. The van der Waals surface area contributed by atoms with Crippen LogP contribution in [-0.4, -0.2) is 13.7 Å². The molecule has 0 radical (unpaired) electrons. The summed E-state index contributed by atoms with van der Waals surface area (Å²) in [5, 5.41) is 3.40. The molecule has 0 saturated carbocycles. The maximum absolute atomic E-state index is 13.8. The lowest BCUT2D eigenvalue weighted by molar-refractivity contribution is 0.214. The molecule has 1 aliphatic heterocycles. The Kier molecular flexibility index (Phi) is 3.69. The maximum Gasteiger partial charge on any atom is 0.167 e. The van der Waals surface area contributed by atoms with Gasteiger partial charge in [-0.25, -0.2) is 4.39 Å². The second-order valence-corrected chi connectivity index (χ2v) is 5.30. The van der Waals surface area contributed by atoms with E-state index in [1.54, 1.807) is 6.07 Å². The van der Waals surface area contributed by atoms with Gasteiger partial charge in [0, 0.05) is 23.2 Å². The van der Waals surface area contributed by atoms with Gasteiger partial charge in [-0.05, 0) is 18.2 Å². The summed E-state index contributed by atoms with van der Waals surface area (Å²) in [6, 6.07) is 13.0. The highest BCUT2D eigenvalue weighted by molar-refractivity contribution is 5.51. The summed E-state index contributed by atoms with van der Waals surface area (Å²) in [6.45, 7) is 2.76. The van der Waals surface area contributed by atoms with E-state index in [1.807, 2.05) is 30.3 Å². The first-order valence-corrected chi connectivity index (χ1v) is 7.01. The van der Waals surface area contributed by atoms with Crippen LogP contribution in [0.1, 0.15) is 18.5 Å². The van der Waals surface area contributed by atoms with Crippen LogP contribution < -0.4 is 14.8 Å². The van der Waals surface area contributed by atoms with Crippen molar-refractivity contribution < 1.29 is 13.9 Å². The van der Waals surface area contributed by atoms with Crippen LogP contribution in [0, 0.1) is 11.7 Å². The van der Waals surface area contributed by atoms with Crippen molar-refractivity contribution in [2.45, 2.75) is 13.0 Å². The number of para-hydroxylation sites is 1. The Morgan fingerprint density at radius 2 is 2.05 bits per heavy atom. The summed E-state index contributed by atoms with van der Waals surface area (Å²) in [6.07, 6.45) is 0. The molecule has 0 amide bonds. The summed E-state index contributed by atoms with van der Waals surface area (Å²) < 4.78 is 24.5. The highest BCUT2D eigenvalue weighted by Crippen LogP contribution is 2.37. The van der Waals surface area contributed by atoms with E-state index in [2.05, 4.69) is 12.2 Å². The SMILES string of the molecule is COc1ccc(NC2c3ccccc3OCC2C)cc1F. The number of benzene rings is 2. The smallest absolute Gasteiger partial charge is 0.167 e. The van der Waals surface area contributed by atoms with Gasteiger partial charge in [0.15, 0.2) is 11.6 Å². The third-order valence-electron chi connectivity index (χ3n) is 3.80. The molecule has 2 atom stereocenters. The molecule has 21 heavy (non-hydrogen) atoms. The zero-order chi connectivity index (χ0) is 14.8. The van der Waals surface area contributed by atoms with Gasteiger partial charge < -0.3 is 14.8 Å². The highest BCUT2D eigenvalue weighted by Gasteiger charge is 2.27. The number of rotatable bonds is 3. The number of fused-ring (bicyclic) bond motifs is 1. The molecule has 2 unspecified atom stereocenters. The number of methoxy groups -OCH3 is 1. The summed E-state index contributed by atoms with van der Waals surface area (Å²) in [5.41, 5.74) is 1.84. The second kappa shape index (κ2) is 5.64. The van der Waals surface area contributed by atoms with Gasteiger partial charge >= 0.3 is 0 Å². The molecule has 1 heterocycles. The topological polar surface area (TPSA) is 30.5 Å². The number of hydrogen-bond donors (Lipinski definition) is 1. The van der Waals surface area contributed by atoms with Crippen LogP contribution in [0.3, 0.4) is 0 Å². The average molecular weight is 287 g/mol. The Bertz CT molecular complexity index is 644. The standard InChI is InChI=1S/C17H18FNO2/c1-11-10-21-15-6-4-3-5-13(15)17(11)19-12-7-8-16(20-2)14(18)9-12/h3-9,11,17,19H,10H2,1-2H3. The van der Waals surface area contributed by atoms with E-state index in [0.29, 0.717) is 12.5 Å². The van der Waals surface area contributed by atoms with Gasteiger partial charge in [-0.15, -0.1) is 0 Å². The molecule has 0 fully saturated rings. The molecule has 1 N–H and O–H groups in total. The number of halogens is 1. The second-order valence-electron chi connectivity index (χ2n) is 5.30. The molecule has 0 spiro atoms. The van der Waals surface area contributed by atoms with E-state index in [0.717, 1.165) is 17.0 Å². The van der Waals surface area contributed by atoms with Crippen molar-refractivity contribution in [3.63, 3.8) is 0 Å². The van der Waals surface area contributed by atoms with Crippen LogP contribution in [0.15, 0.2) is 42.5 Å². The lowest BCUT2D eigenvalue weighted by atomic mass is 9.92. The molecule has 2 aromatic rings. The van der Waals surface area contributed by atoms with Crippen molar-refractivity contribution in [3.8, 4) is 11.5 Å². The van der Waals surface area contributed by atoms with Crippen LogP contribution >= 0.6 is 0 Å². The molecule has 2 aromatic carbocycles. The van der Waals surface area contributed by atoms with Crippen LogP contribution in [0.25, 0.3) is 0 Å². The zero-order valence-electron chi connectivity index (χ0n) is 12.1. The summed E-state index contributed by atoms with van der Waals surface area (Å²) in [7, 11) is 1.46. The number of hydrogen-bond acceptors (Lipinski definition) is 3. The molecular weight excluding hydrogens is 269 g/mol. The maximum atomic E-state index is 13.8. The Morgan fingerprint density at radius 1 is 1.24 bits per heavy atom. The van der Waals surface area contributed by atoms with Gasteiger partial charge in [-0.3, -0.25) is 0 Å². The van der Waals surface area contributed by atoms with Crippen molar-refractivity contribution in [2.75, 3.05) is 19.0 Å². The van der Waals surface area contributed by atoms with Gasteiger partial charge in [0.25, 0.3) is 0 Å². The van der Waals surface area contributed by atoms with Gasteiger partial charge in [-0.2, -0.15) is 0 Å². The summed E-state index contributed by atoms with van der Waals surface area (Å²) >= 11 is 0. The number of ether oxygens (including phenoxy) is 2. The van der Waals surface area contributed by atoms with Gasteiger partial charge in [-0.1, -0.05) is 25.1 Å². The van der Waals surface area contributed by atoms with E-state index in [4.69, 9.17) is 9.47 Å². The minimum Gasteiger partial charge on any atom is -0.494 e. The molecule has 0 aromatic heterocycles. The molecule has 110 valence electrons. The molecular formula is C17H18FNO2. The third kappa shape index (κ3) is 2.66. The average Bonchev–Trinajstić information content (AvgIpc) is 2.50. The largest absolute Gasteiger partial charge is 0.494 e. The number of nitrogens with one attached hydrogen (secondary N) is 1. The Morgan fingerprint density at radius 3 is 2.81 bits per heavy atom. The Labute approximate surface area is 123 Å². The monoisotopic (exact) mass is 287 g/mol. The van der Waals surface area contributed by atoms with Gasteiger partial charge in [0.1, 0.15) is 5.75 Å². The lowest BCUT2D eigenvalue weighted by Gasteiger charge is -2.32. The van der Waals surface area contributed by atoms with E-state index in [9.17, 15) is 4.39 Å². The van der Waals surface area contributed by atoms with Crippen molar-refractivity contribution >= 4 is 5.69 Å². The molecule has 3 nitrogen and oxygen atoms in total. The van der Waals surface area contributed by atoms with Crippen LogP contribution in [0.4, 0.5) is 10.1 Å². The van der Waals surface area contributed by atoms with Crippen molar-refractivity contribution in [3.05, 3.63) is 53.8 Å². The van der Waals surface area contributed by atoms with E-state index >= 15 is 0 Å². The van der Waals surface area contributed by atoms with Crippen LogP contribution in [0.5, 0.6) is 11.5 Å². The molecule has 4 heteroatoms. The normalized spacial score (nSPS) is 20.3. The van der Waals surface area contributed by atoms with E-state index < -0.39 is 0 Å². The predicted octanol–water partition coefficient (Wildman–Crippen LogP) is 4.02. The van der Waals surface area contributed by atoms with Crippen molar-refractivity contribution in [2.24, 2.45) is 5.92 Å². The fourth-order valence-electron chi connectivity index (χ4n) is 2.65. The van der Waals surface area contributed by atoms with Crippen molar-refractivity contribution in [1.29, 1.82) is 0 Å². The first-order valence-electron chi connectivity index (χ1n) is 7.01. The molecule has 3 rings (SSSR count). The molecule has 0 bridgehead atoms. The lowest BCUT2D eigenvalue weighted by Crippen LogP contribution is -2.28. The molecule has 0 saturated heterocycles. The highest BCUT2D eigenvalue weighted by atomic mass is 19.1. The predicted molar refractivity (Wildman–Crippen MR) is 80.4 cm³/mol. The molecule has 0 aliphatic carbocycles. The van der Waals surface area contributed by atoms with E-state index in [1.165, 1.54) is 13.2 Å². The first-order chi connectivity index (χ1) is 10.2. The van der Waals surface area contributed by atoms with Crippen LogP contribution in [0.2, 0.25) is 0 Å². The van der Waals surface area contributed by atoms with E-state index in [-0.39, 0.29) is 17.6 Å². The number of anilines is 1. The van der Waals surface area contributed by atoms with Crippen LogP contribution in [-0.2, 0) is 0 Å². The quantitative estimate of drug-likeness (QED) is 0.925. The summed E-state index contributed by atoms with van der Waals surface area (Å²) in [4.78, 5) is 0. The zero-order valence-corrected chi connectivity index (χ0v) is 12.1. The fraction of sp³-hybridized carbons (Fsp3) is 0.294. The molecule has 1 aliphatic rings. The van der Waals surface area contributed by atoms with Gasteiger partial charge in [0.2, 0.25) is 0 Å². The summed E-state index contributed by atoms with van der Waals surface area (Å²) in [5.74, 6) is 1.07. The minimum atomic E-state index is -0.365. The third-order valence-corrected chi connectivity index (χ3v) is 3.80. The minimum absolute atomic E-state index is 0.0998.